The molecule has 20 heavy (non-hydrogen) atoms. The second-order valence-electron chi connectivity index (χ2n) is 4.32. The van der Waals surface area contributed by atoms with E-state index in [9.17, 15) is 18.0 Å². The van der Waals surface area contributed by atoms with Gasteiger partial charge in [-0.1, -0.05) is 12.1 Å². The molecule has 0 atom stereocenters. The first-order valence-corrected chi connectivity index (χ1v) is 5.81. The number of hydrogen-bond acceptors (Lipinski definition) is 1. The van der Waals surface area contributed by atoms with Crippen molar-refractivity contribution in [1.82, 2.24) is 0 Å². The molecule has 6 heteroatoms. The van der Waals surface area contributed by atoms with Crippen LogP contribution < -0.4 is 10.3 Å². The predicted molar refractivity (Wildman–Crippen MR) is 65.7 cm³/mol. The fraction of sp³-hybridized carbons (Fsp3) is 0.143. The van der Waals surface area contributed by atoms with Crippen molar-refractivity contribution >= 4 is 5.91 Å². The number of halogens is 3. The lowest BCUT2D eigenvalue weighted by Crippen LogP contribution is -2.35. The summed E-state index contributed by atoms with van der Waals surface area (Å²) in [7, 11) is 0. The van der Waals surface area contributed by atoms with Gasteiger partial charge >= 0.3 is 6.18 Å². The first kappa shape index (κ1) is 14.0. The van der Waals surface area contributed by atoms with Crippen LogP contribution in [-0.2, 0) is 12.7 Å². The third-order valence-corrected chi connectivity index (χ3v) is 2.79. The lowest BCUT2D eigenvalue weighted by molar-refractivity contribution is -0.688. The molecule has 0 spiro atoms. The molecule has 2 N–H and O–H groups in total. The number of amides is 1. The molecule has 0 saturated carbocycles. The monoisotopic (exact) mass is 281 g/mol. The van der Waals surface area contributed by atoms with Crippen molar-refractivity contribution in [3.63, 3.8) is 0 Å². The summed E-state index contributed by atoms with van der Waals surface area (Å²) in [5.41, 5.74) is 5.53. The highest BCUT2D eigenvalue weighted by Crippen LogP contribution is 2.28. The normalized spacial score (nSPS) is 11.3. The van der Waals surface area contributed by atoms with E-state index < -0.39 is 17.6 Å². The van der Waals surface area contributed by atoms with E-state index >= 15 is 0 Å². The van der Waals surface area contributed by atoms with Crippen LogP contribution in [0.4, 0.5) is 13.2 Å². The van der Waals surface area contributed by atoms with E-state index in [0.29, 0.717) is 17.7 Å². The molecule has 2 rings (SSSR count). The Balaban J connectivity index is 2.18. The summed E-state index contributed by atoms with van der Waals surface area (Å²) in [6, 6.07) is 8.12. The number of benzene rings is 1. The first-order valence-electron chi connectivity index (χ1n) is 5.81. The van der Waals surface area contributed by atoms with Gasteiger partial charge in [0.1, 0.15) is 5.56 Å². The van der Waals surface area contributed by atoms with Crippen LogP contribution in [0.1, 0.15) is 21.5 Å². The summed E-state index contributed by atoms with van der Waals surface area (Å²) in [5, 5.41) is 0. The van der Waals surface area contributed by atoms with Crippen LogP contribution in [0.2, 0.25) is 0 Å². The molecule has 0 fully saturated rings. The van der Waals surface area contributed by atoms with Gasteiger partial charge in [0, 0.05) is 11.6 Å². The number of rotatable bonds is 3. The Kier molecular flexibility index (Phi) is 3.74. The fourth-order valence-corrected chi connectivity index (χ4v) is 1.78. The molecular formula is C14H12F3N2O+. The third-order valence-electron chi connectivity index (χ3n) is 2.79. The topological polar surface area (TPSA) is 47.0 Å². The Morgan fingerprint density at radius 3 is 2.35 bits per heavy atom. The van der Waals surface area contributed by atoms with Gasteiger partial charge in [0.05, 0.1) is 5.56 Å². The standard InChI is InChI=1S/C14H11F3N2O/c15-14(16,17)12-5-3-10(4-6-12)8-19-7-1-2-11(9-19)13(18)20/h1-7,9H,8H2,(H-,18,20)/p+1. The molecule has 1 heterocycles. The summed E-state index contributed by atoms with van der Waals surface area (Å²) in [6.45, 7) is 0.360. The Hall–Kier alpha value is -2.37. The minimum absolute atomic E-state index is 0.347. The van der Waals surface area contributed by atoms with Crippen LogP contribution in [0.3, 0.4) is 0 Å². The Morgan fingerprint density at radius 1 is 1.15 bits per heavy atom. The molecule has 0 radical (unpaired) electrons. The highest BCUT2D eigenvalue weighted by atomic mass is 19.4. The van der Waals surface area contributed by atoms with Gasteiger partial charge in [0.15, 0.2) is 18.9 Å². The number of aromatic nitrogens is 1. The number of pyridine rings is 1. The van der Waals surface area contributed by atoms with E-state index in [0.717, 1.165) is 12.1 Å². The van der Waals surface area contributed by atoms with Gasteiger partial charge in [0.2, 0.25) is 0 Å². The Labute approximate surface area is 113 Å². The highest BCUT2D eigenvalue weighted by molar-refractivity contribution is 5.92. The van der Waals surface area contributed by atoms with Gasteiger partial charge in [-0.25, -0.2) is 0 Å². The van der Waals surface area contributed by atoms with Crippen molar-refractivity contribution in [2.45, 2.75) is 12.7 Å². The minimum Gasteiger partial charge on any atom is -0.365 e. The van der Waals surface area contributed by atoms with Gasteiger partial charge < -0.3 is 5.73 Å². The second kappa shape index (κ2) is 5.32. The first-order chi connectivity index (χ1) is 9.36. The molecule has 2 aromatic rings. The predicted octanol–water partition coefficient (Wildman–Crippen LogP) is 2.14. The van der Waals surface area contributed by atoms with Gasteiger partial charge in [-0.3, -0.25) is 4.79 Å². The summed E-state index contributed by atoms with van der Waals surface area (Å²) in [4.78, 5) is 11.0. The number of carbonyl (C=O) groups excluding carboxylic acids is 1. The minimum atomic E-state index is -4.34. The van der Waals surface area contributed by atoms with Crippen molar-refractivity contribution in [3.05, 3.63) is 65.5 Å². The van der Waals surface area contributed by atoms with Crippen molar-refractivity contribution < 1.29 is 22.5 Å². The molecule has 0 aliphatic carbocycles. The molecule has 0 unspecified atom stereocenters. The van der Waals surface area contributed by atoms with Crippen LogP contribution in [0.15, 0.2) is 48.8 Å². The quantitative estimate of drug-likeness (QED) is 0.861. The smallest absolute Gasteiger partial charge is 0.365 e. The molecule has 1 aromatic carbocycles. The van der Waals surface area contributed by atoms with Crippen LogP contribution >= 0.6 is 0 Å². The summed E-state index contributed by atoms with van der Waals surface area (Å²) >= 11 is 0. The van der Waals surface area contributed by atoms with E-state index in [1.165, 1.54) is 12.1 Å². The van der Waals surface area contributed by atoms with Crippen LogP contribution in [0.25, 0.3) is 0 Å². The molecule has 1 amide bonds. The van der Waals surface area contributed by atoms with E-state index in [-0.39, 0.29) is 0 Å². The molecule has 0 aliphatic heterocycles. The van der Waals surface area contributed by atoms with E-state index in [4.69, 9.17) is 5.73 Å². The lowest BCUT2D eigenvalue weighted by atomic mass is 10.1. The number of nitrogens with two attached hydrogens (primary N) is 1. The average Bonchev–Trinajstić information content (AvgIpc) is 2.38. The second-order valence-corrected chi connectivity index (χ2v) is 4.32. The maximum absolute atomic E-state index is 12.4. The van der Waals surface area contributed by atoms with Gasteiger partial charge in [-0.15, -0.1) is 0 Å². The molecule has 1 aromatic heterocycles. The van der Waals surface area contributed by atoms with E-state index in [1.54, 1.807) is 29.1 Å². The largest absolute Gasteiger partial charge is 0.416 e. The zero-order valence-electron chi connectivity index (χ0n) is 10.4. The third kappa shape index (κ3) is 3.34. The zero-order valence-corrected chi connectivity index (χ0v) is 10.4. The number of hydrogen-bond donors (Lipinski definition) is 1. The molecule has 104 valence electrons. The summed E-state index contributed by atoms with van der Waals surface area (Å²) in [5.74, 6) is -0.549. The van der Waals surface area contributed by atoms with Crippen molar-refractivity contribution in [3.8, 4) is 0 Å². The van der Waals surface area contributed by atoms with Crippen LogP contribution in [0, 0.1) is 0 Å². The van der Waals surface area contributed by atoms with Crippen molar-refractivity contribution in [2.24, 2.45) is 5.73 Å². The van der Waals surface area contributed by atoms with E-state index in [1.807, 2.05) is 0 Å². The number of primary amides is 1. The Morgan fingerprint density at radius 2 is 1.80 bits per heavy atom. The molecule has 0 bridgehead atoms. The molecule has 0 aliphatic rings. The maximum Gasteiger partial charge on any atom is 0.416 e. The molecular weight excluding hydrogens is 269 g/mol. The zero-order chi connectivity index (χ0) is 14.8. The van der Waals surface area contributed by atoms with Crippen LogP contribution in [0.5, 0.6) is 0 Å². The van der Waals surface area contributed by atoms with Crippen molar-refractivity contribution in [1.29, 1.82) is 0 Å². The maximum atomic E-state index is 12.4. The SMILES string of the molecule is NC(=O)c1ccc[n+](Cc2ccc(C(F)(F)F)cc2)c1. The van der Waals surface area contributed by atoms with E-state index in [2.05, 4.69) is 0 Å². The fourth-order valence-electron chi connectivity index (χ4n) is 1.78. The van der Waals surface area contributed by atoms with Gasteiger partial charge in [-0.05, 0) is 18.2 Å². The lowest BCUT2D eigenvalue weighted by Gasteiger charge is -2.06. The summed E-state index contributed by atoms with van der Waals surface area (Å²) < 4.78 is 39.0. The number of nitrogens with zero attached hydrogens (tertiary/aromatic N) is 1. The number of alkyl halides is 3. The molecule has 0 saturated heterocycles. The highest BCUT2D eigenvalue weighted by Gasteiger charge is 2.30. The Bertz CT molecular complexity index is 621. The average molecular weight is 281 g/mol. The van der Waals surface area contributed by atoms with Gasteiger partial charge in [0.25, 0.3) is 5.91 Å². The van der Waals surface area contributed by atoms with Crippen LogP contribution in [-0.4, -0.2) is 5.91 Å². The van der Waals surface area contributed by atoms with Gasteiger partial charge in [-0.2, -0.15) is 17.7 Å². The summed E-state index contributed by atoms with van der Waals surface area (Å²) in [6.07, 6.45) is -1.07. The number of carbonyl (C=O) groups is 1. The van der Waals surface area contributed by atoms with Crippen molar-refractivity contribution in [2.75, 3.05) is 0 Å². The molecule has 3 nitrogen and oxygen atoms in total.